The van der Waals surface area contributed by atoms with Crippen LogP contribution in [0.25, 0.3) is 0 Å². The van der Waals surface area contributed by atoms with Gasteiger partial charge in [-0.25, -0.2) is 14.9 Å². The van der Waals surface area contributed by atoms with Gasteiger partial charge in [0, 0.05) is 12.2 Å². The zero-order chi connectivity index (χ0) is 14.8. The molecule has 0 saturated carbocycles. The van der Waals surface area contributed by atoms with E-state index in [1.807, 2.05) is 12.1 Å². The topological polar surface area (TPSA) is 74.2 Å². The van der Waals surface area contributed by atoms with Crippen LogP contribution in [0.15, 0.2) is 36.5 Å². The molecule has 1 heterocycles. The molecule has 0 saturated heterocycles. The zero-order valence-corrected chi connectivity index (χ0v) is 11.1. The van der Waals surface area contributed by atoms with Crippen LogP contribution in [0.4, 0.5) is 10.2 Å². The monoisotopic (exact) mass is 287 g/mol. The third kappa shape index (κ3) is 2.71. The third-order valence-electron chi connectivity index (χ3n) is 3.60. The van der Waals surface area contributed by atoms with Crippen molar-refractivity contribution >= 4 is 11.7 Å². The molecule has 1 aromatic heterocycles. The highest BCUT2D eigenvalue weighted by atomic mass is 19.1. The van der Waals surface area contributed by atoms with Crippen LogP contribution in [0.3, 0.4) is 0 Å². The number of hydrogen-bond donors (Lipinski definition) is 3. The van der Waals surface area contributed by atoms with E-state index < -0.39 is 11.7 Å². The van der Waals surface area contributed by atoms with Gasteiger partial charge in [0.05, 0.1) is 5.56 Å². The SMILES string of the molecule is O=C(NO)c1cnc(NC2Cc3ccccc3C2)c(F)c1. The molecule has 1 aromatic carbocycles. The van der Waals surface area contributed by atoms with Gasteiger partial charge in [-0.05, 0) is 30.0 Å². The fourth-order valence-electron chi connectivity index (χ4n) is 2.59. The van der Waals surface area contributed by atoms with Gasteiger partial charge in [-0.3, -0.25) is 10.0 Å². The molecule has 0 radical (unpaired) electrons. The molecule has 0 unspecified atom stereocenters. The smallest absolute Gasteiger partial charge is 0.276 e. The van der Waals surface area contributed by atoms with Gasteiger partial charge in [0.2, 0.25) is 0 Å². The number of aromatic nitrogens is 1. The summed E-state index contributed by atoms with van der Waals surface area (Å²) in [5.41, 5.74) is 3.93. The number of benzene rings is 1. The molecule has 108 valence electrons. The molecule has 1 aliphatic rings. The van der Waals surface area contributed by atoms with Crippen molar-refractivity contribution in [2.45, 2.75) is 18.9 Å². The predicted molar refractivity (Wildman–Crippen MR) is 74.7 cm³/mol. The van der Waals surface area contributed by atoms with Crippen LogP contribution in [-0.2, 0) is 12.8 Å². The lowest BCUT2D eigenvalue weighted by molar-refractivity contribution is 0.0705. The van der Waals surface area contributed by atoms with Crippen LogP contribution in [-0.4, -0.2) is 22.1 Å². The van der Waals surface area contributed by atoms with E-state index in [0.717, 1.165) is 18.9 Å². The Bertz CT molecular complexity index is 665. The van der Waals surface area contributed by atoms with E-state index in [1.54, 1.807) is 0 Å². The average molecular weight is 287 g/mol. The predicted octanol–water partition coefficient (Wildman–Crippen LogP) is 1.92. The summed E-state index contributed by atoms with van der Waals surface area (Å²) in [6.45, 7) is 0. The number of pyridine rings is 1. The van der Waals surface area contributed by atoms with Crippen molar-refractivity contribution in [2.24, 2.45) is 0 Å². The van der Waals surface area contributed by atoms with E-state index in [1.165, 1.54) is 22.8 Å². The van der Waals surface area contributed by atoms with Crippen molar-refractivity contribution in [1.82, 2.24) is 10.5 Å². The lowest BCUT2D eigenvalue weighted by atomic mass is 10.1. The highest BCUT2D eigenvalue weighted by molar-refractivity contribution is 5.93. The minimum absolute atomic E-state index is 0.0322. The number of amides is 1. The number of hydrogen-bond acceptors (Lipinski definition) is 4. The summed E-state index contributed by atoms with van der Waals surface area (Å²) >= 11 is 0. The molecule has 0 atom stereocenters. The Kier molecular flexibility index (Phi) is 3.53. The van der Waals surface area contributed by atoms with Gasteiger partial charge in [-0.1, -0.05) is 24.3 Å². The Labute approximate surface area is 120 Å². The van der Waals surface area contributed by atoms with Crippen molar-refractivity contribution in [2.75, 3.05) is 5.32 Å². The molecular formula is C15H14FN3O2. The Hall–Kier alpha value is -2.47. The fourth-order valence-corrected chi connectivity index (χ4v) is 2.59. The fraction of sp³-hybridized carbons (Fsp3) is 0.200. The molecule has 3 rings (SSSR count). The second-order valence-electron chi connectivity index (χ2n) is 5.01. The average Bonchev–Trinajstić information content (AvgIpc) is 2.90. The molecule has 1 aliphatic carbocycles. The molecule has 21 heavy (non-hydrogen) atoms. The van der Waals surface area contributed by atoms with Crippen molar-refractivity contribution in [3.63, 3.8) is 0 Å². The molecule has 6 heteroatoms. The van der Waals surface area contributed by atoms with E-state index in [0.29, 0.717) is 0 Å². The zero-order valence-electron chi connectivity index (χ0n) is 11.1. The number of nitrogens with one attached hydrogen (secondary N) is 2. The summed E-state index contributed by atoms with van der Waals surface area (Å²) < 4.78 is 13.9. The van der Waals surface area contributed by atoms with Gasteiger partial charge < -0.3 is 5.32 Å². The maximum atomic E-state index is 13.9. The standard InChI is InChI=1S/C15H14FN3O2/c16-13-7-11(15(20)19-21)8-17-14(13)18-12-5-9-3-1-2-4-10(9)6-12/h1-4,7-8,12,21H,5-6H2,(H,17,18)(H,19,20). The third-order valence-corrected chi connectivity index (χ3v) is 3.60. The molecule has 0 fully saturated rings. The van der Waals surface area contributed by atoms with Crippen LogP contribution in [0, 0.1) is 5.82 Å². The molecule has 0 spiro atoms. The molecule has 3 N–H and O–H groups in total. The quantitative estimate of drug-likeness (QED) is 0.595. The molecule has 1 amide bonds. The normalized spacial score (nSPS) is 13.8. The van der Waals surface area contributed by atoms with Crippen LogP contribution in [0.1, 0.15) is 21.5 Å². The summed E-state index contributed by atoms with van der Waals surface area (Å²) in [6, 6.07) is 9.24. The van der Waals surface area contributed by atoms with E-state index in [2.05, 4.69) is 22.4 Å². The number of hydroxylamine groups is 1. The lowest BCUT2D eigenvalue weighted by Gasteiger charge is -2.13. The molecular weight excluding hydrogens is 273 g/mol. The maximum Gasteiger partial charge on any atom is 0.276 e. The summed E-state index contributed by atoms with van der Waals surface area (Å²) in [4.78, 5) is 15.1. The first-order valence-corrected chi connectivity index (χ1v) is 6.60. The summed E-state index contributed by atoms with van der Waals surface area (Å²) in [6.07, 6.45) is 2.85. The highest BCUT2D eigenvalue weighted by Crippen LogP contribution is 2.24. The van der Waals surface area contributed by atoms with E-state index in [-0.39, 0.29) is 17.4 Å². The summed E-state index contributed by atoms with van der Waals surface area (Å²) in [7, 11) is 0. The van der Waals surface area contributed by atoms with Gasteiger partial charge in [0.1, 0.15) is 0 Å². The molecule has 5 nitrogen and oxygen atoms in total. The Morgan fingerprint density at radius 3 is 2.52 bits per heavy atom. The van der Waals surface area contributed by atoms with Crippen LogP contribution < -0.4 is 10.8 Å². The number of anilines is 1. The Balaban J connectivity index is 1.74. The Morgan fingerprint density at radius 1 is 1.29 bits per heavy atom. The van der Waals surface area contributed by atoms with Crippen molar-refractivity contribution in [1.29, 1.82) is 0 Å². The van der Waals surface area contributed by atoms with Crippen LogP contribution in [0.5, 0.6) is 0 Å². The molecule has 2 aromatic rings. The van der Waals surface area contributed by atoms with Gasteiger partial charge in [0.25, 0.3) is 5.91 Å². The maximum absolute atomic E-state index is 13.9. The summed E-state index contributed by atoms with van der Waals surface area (Å²) in [5, 5.41) is 11.6. The van der Waals surface area contributed by atoms with Crippen molar-refractivity contribution in [3.8, 4) is 0 Å². The first kappa shape index (κ1) is 13.5. The summed E-state index contributed by atoms with van der Waals surface area (Å²) in [5.74, 6) is -1.30. The number of carbonyl (C=O) groups is 1. The second-order valence-corrected chi connectivity index (χ2v) is 5.01. The lowest BCUT2D eigenvalue weighted by Crippen LogP contribution is -2.22. The number of halogens is 1. The number of fused-ring (bicyclic) bond motifs is 1. The van der Waals surface area contributed by atoms with Crippen molar-refractivity contribution < 1.29 is 14.4 Å². The van der Waals surface area contributed by atoms with Gasteiger partial charge in [-0.2, -0.15) is 0 Å². The number of rotatable bonds is 3. The van der Waals surface area contributed by atoms with Crippen LogP contribution >= 0.6 is 0 Å². The van der Waals surface area contributed by atoms with E-state index in [4.69, 9.17) is 5.21 Å². The van der Waals surface area contributed by atoms with Crippen molar-refractivity contribution in [3.05, 3.63) is 59.0 Å². The highest BCUT2D eigenvalue weighted by Gasteiger charge is 2.22. The molecule has 0 bridgehead atoms. The van der Waals surface area contributed by atoms with E-state index in [9.17, 15) is 9.18 Å². The largest absolute Gasteiger partial charge is 0.364 e. The molecule has 0 aliphatic heterocycles. The number of carbonyl (C=O) groups excluding carboxylic acids is 1. The Morgan fingerprint density at radius 2 is 1.95 bits per heavy atom. The minimum atomic E-state index is -0.791. The van der Waals surface area contributed by atoms with Gasteiger partial charge >= 0.3 is 0 Å². The van der Waals surface area contributed by atoms with E-state index >= 15 is 0 Å². The minimum Gasteiger partial charge on any atom is -0.364 e. The second kappa shape index (κ2) is 5.49. The number of nitrogens with zero attached hydrogens (tertiary/aromatic N) is 1. The van der Waals surface area contributed by atoms with Crippen LogP contribution in [0.2, 0.25) is 0 Å². The van der Waals surface area contributed by atoms with Gasteiger partial charge in [0.15, 0.2) is 11.6 Å². The first-order valence-electron chi connectivity index (χ1n) is 6.60. The van der Waals surface area contributed by atoms with Gasteiger partial charge in [-0.15, -0.1) is 0 Å². The first-order chi connectivity index (χ1) is 10.2.